The largest absolute Gasteiger partial charge is 0.397 e. The van der Waals surface area contributed by atoms with E-state index in [0.29, 0.717) is 0 Å². The molecule has 2 aliphatic rings. The molecule has 2 heterocycles. The van der Waals surface area contributed by atoms with Gasteiger partial charge in [-0.1, -0.05) is 12.1 Å². The highest BCUT2D eigenvalue weighted by Crippen LogP contribution is 2.28. The summed E-state index contributed by atoms with van der Waals surface area (Å²) in [7, 11) is 0. The summed E-state index contributed by atoms with van der Waals surface area (Å²) < 4.78 is 0. The lowest BCUT2D eigenvalue weighted by Gasteiger charge is -2.28. The Morgan fingerprint density at radius 2 is 1.88 bits per heavy atom. The number of hydrogen-bond donors (Lipinski definition) is 1. The summed E-state index contributed by atoms with van der Waals surface area (Å²) in [5.41, 5.74) is 8.22. The molecule has 0 saturated carbocycles. The van der Waals surface area contributed by atoms with Crippen molar-refractivity contribution >= 4 is 11.4 Å². The number of rotatable bonds is 1. The second-order valence-corrected chi connectivity index (χ2v) is 5.19. The Morgan fingerprint density at radius 1 is 1.06 bits per heavy atom. The summed E-state index contributed by atoms with van der Waals surface area (Å²) in [5, 5.41) is 0. The summed E-state index contributed by atoms with van der Waals surface area (Å²) in [4.78, 5) is 5.13. The van der Waals surface area contributed by atoms with E-state index in [1.54, 1.807) is 0 Å². The molecule has 0 aliphatic carbocycles. The Kier molecular flexibility index (Phi) is 2.93. The zero-order chi connectivity index (χ0) is 11.7. The third kappa shape index (κ3) is 2.12. The Hall–Kier alpha value is -1.22. The standard InChI is InChI=1S/C14H21N3/c15-13-6-1-2-7-14(13)17-10-4-9-16-8-3-5-12(16)11-17/h1-2,6-7,12H,3-5,8-11,15H2. The predicted octanol–water partition coefficient (Wildman–Crippen LogP) is 1.94. The Bertz CT molecular complexity index is 391. The van der Waals surface area contributed by atoms with Gasteiger partial charge >= 0.3 is 0 Å². The highest BCUT2D eigenvalue weighted by Gasteiger charge is 2.29. The van der Waals surface area contributed by atoms with E-state index in [-0.39, 0.29) is 0 Å². The van der Waals surface area contributed by atoms with Gasteiger partial charge < -0.3 is 10.6 Å². The first-order chi connectivity index (χ1) is 8.34. The quantitative estimate of drug-likeness (QED) is 0.750. The molecule has 1 aromatic rings. The Labute approximate surface area is 103 Å². The summed E-state index contributed by atoms with van der Waals surface area (Å²) >= 11 is 0. The van der Waals surface area contributed by atoms with Crippen LogP contribution >= 0.6 is 0 Å². The van der Waals surface area contributed by atoms with E-state index in [1.807, 2.05) is 12.1 Å². The molecular weight excluding hydrogens is 210 g/mol. The van der Waals surface area contributed by atoms with E-state index in [0.717, 1.165) is 24.8 Å². The van der Waals surface area contributed by atoms with Crippen molar-refractivity contribution in [2.24, 2.45) is 0 Å². The van der Waals surface area contributed by atoms with Crippen molar-refractivity contribution < 1.29 is 0 Å². The highest BCUT2D eigenvalue weighted by atomic mass is 15.3. The average molecular weight is 231 g/mol. The van der Waals surface area contributed by atoms with Crippen molar-refractivity contribution in [3.05, 3.63) is 24.3 Å². The van der Waals surface area contributed by atoms with E-state index in [4.69, 9.17) is 5.73 Å². The molecule has 3 heteroatoms. The molecule has 0 amide bonds. The van der Waals surface area contributed by atoms with E-state index in [1.165, 1.54) is 38.0 Å². The first kappa shape index (κ1) is 10.9. The molecule has 3 rings (SSSR count). The highest BCUT2D eigenvalue weighted by molar-refractivity contribution is 5.67. The predicted molar refractivity (Wildman–Crippen MR) is 72.3 cm³/mol. The maximum atomic E-state index is 6.08. The fraction of sp³-hybridized carbons (Fsp3) is 0.571. The smallest absolute Gasteiger partial charge is 0.0600 e. The second-order valence-electron chi connectivity index (χ2n) is 5.19. The molecule has 0 aromatic heterocycles. The van der Waals surface area contributed by atoms with Gasteiger partial charge in [0.15, 0.2) is 0 Å². The summed E-state index contributed by atoms with van der Waals surface area (Å²) in [6.07, 6.45) is 3.97. The molecule has 0 spiro atoms. The van der Waals surface area contributed by atoms with E-state index in [9.17, 15) is 0 Å². The minimum absolute atomic E-state index is 0.747. The molecule has 2 fully saturated rings. The average Bonchev–Trinajstić information content (AvgIpc) is 2.68. The fourth-order valence-electron chi connectivity index (χ4n) is 3.20. The van der Waals surface area contributed by atoms with Crippen LogP contribution in [0.5, 0.6) is 0 Å². The van der Waals surface area contributed by atoms with E-state index >= 15 is 0 Å². The number of hydrogen-bond acceptors (Lipinski definition) is 3. The van der Waals surface area contributed by atoms with Crippen LogP contribution in [0.4, 0.5) is 11.4 Å². The van der Waals surface area contributed by atoms with Gasteiger partial charge in [-0.25, -0.2) is 0 Å². The van der Waals surface area contributed by atoms with Crippen molar-refractivity contribution in [2.45, 2.75) is 25.3 Å². The van der Waals surface area contributed by atoms with Crippen LogP contribution in [0.25, 0.3) is 0 Å². The Balaban J connectivity index is 1.81. The number of para-hydroxylation sites is 2. The fourth-order valence-corrected chi connectivity index (χ4v) is 3.20. The van der Waals surface area contributed by atoms with Gasteiger partial charge in [-0.15, -0.1) is 0 Å². The minimum Gasteiger partial charge on any atom is -0.397 e. The normalized spacial score (nSPS) is 25.6. The third-order valence-corrected chi connectivity index (χ3v) is 4.08. The number of nitrogen functional groups attached to an aromatic ring is 1. The van der Waals surface area contributed by atoms with Gasteiger partial charge in [0.25, 0.3) is 0 Å². The maximum Gasteiger partial charge on any atom is 0.0600 e. The van der Waals surface area contributed by atoms with Crippen LogP contribution in [-0.4, -0.2) is 37.1 Å². The number of anilines is 2. The van der Waals surface area contributed by atoms with Crippen LogP contribution in [-0.2, 0) is 0 Å². The summed E-state index contributed by atoms with van der Waals surface area (Å²) in [6, 6.07) is 9.01. The number of benzene rings is 1. The molecule has 17 heavy (non-hydrogen) atoms. The lowest BCUT2D eigenvalue weighted by molar-refractivity contribution is 0.273. The molecule has 2 aliphatic heterocycles. The molecular formula is C14H21N3. The second kappa shape index (κ2) is 4.57. The van der Waals surface area contributed by atoms with Crippen molar-refractivity contribution in [2.75, 3.05) is 36.8 Å². The van der Waals surface area contributed by atoms with Crippen LogP contribution in [0.2, 0.25) is 0 Å². The zero-order valence-electron chi connectivity index (χ0n) is 10.3. The first-order valence-electron chi connectivity index (χ1n) is 6.68. The lowest BCUT2D eigenvalue weighted by Crippen LogP contribution is -2.36. The Morgan fingerprint density at radius 3 is 2.76 bits per heavy atom. The van der Waals surface area contributed by atoms with Crippen LogP contribution in [0.15, 0.2) is 24.3 Å². The van der Waals surface area contributed by atoms with Crippen molar-refractivity contribution in [1.82, 2.24) is 4.90 Å². The van der Waals surface area contributed by atoms with E-state index < -0.39 is 0 Å². The molecule has 92 valence electrons. The van der Waals surface area contributed by atoms with Crippen molar-refractivity contribution in [3.8, 4) is 0 Å². The molecule has 1 atom stereocenters. The van der Waals surface area contributed by atoms with Crippen LogP contribution in [0, 0.1) is 0 Å². The topological polar surface area (TPSA) is 32.5 Å². The molecule has 0 bridgehead atoms. The van der Waals surface area contributed by atoms with Crippen LogP contribution < -0.4 is 10.6 Å². The summed E-state index contributed by atoms with van der Waals surface area (Å²) in [5.74, 6) is 0. The number of fused-ring (bicyclic) bond motifs is 1. The van der Waals surface area contributed by atoms with Crippen molar-refractivity contribution in [1.29, 1.82) is 0 Å². The van der Waals surface area contributed by atoms with Crippen LogP contribution in [0.3, 0.4) is 0 Å². The van der Waals surface area contributed by atoms with Gasteiger partial charge in [0.05, 0.1) is 11.4 Å². The van der Waals surface area contributed by atoms with Crippen LogP contribution in [0.1, 0.15) is 19.3 Å². The van der Waals surface area contributed by atoms with E-state index in [2.05, 4.69) is 21.9 Å². The minimum atomic E-state index is 0.747. The first-order valence-corrected chi connectivity index (χ1v) is 6.68. The van der Waals surface area contributed by atoms with Gasteiger partial charge in [-0.2, -0.15) is 0 Å². The van der Waals surface area contributed by atoms with Crippen molar-refractivity contribution in [3.63, 3.8) is 0 Å². The molecule has 2 saturated heterocycles. The molecule has 3 nitrogen and oxygen atoms in total. The third-order valence-electron chi connectivity index (χ3n) is 4.08. The molecule has 2 N–H and O–H groups in total. The molecule has 0 radical (unpaired) electrons. The number of nitrogens with zero attached hydrogens (tertiary/aromatic N) is 2. The number of nitrogens with two attached hydrogens (primary N) is 1. The maximum absolute atomic E-state index is 6.08. The van der Waals surface area contributed by atoms with Gasteiger partial charge in [0, 0.05) is 25.7 Å². The molecule has 1 aromatic carbocycles. The van der Waals surface area contributed by atoms with Gasteiger partial charge in [0.1, 0.15) is 0 Å². The molecule has 1 unspecified atom stereocenters. The van der Waals surface area contributed by atoms with Gasteiger partial charge in [-0.3, -0.25) is 4.90 Å². The lowest BCUT2D eigenvalue weighted by atomic mass is 10.2. The zero-order valence-corrected chi connectivity index (χ0v) is 10.3. The van der Waals surface area contributed by atoms with Gasteiger partial charge in [0.2, 0.25) is 0 Å². The monoisotopic (exact) mass is 231 g/mol. The summed E-state index contributed by atoms with van der Waals surface area (Å²) in [6.45, 7) is 4.84. The SMILES string of the molecule is Nc1ccccc1N1CCCN2CCCC2C1. The van der Waals surface area contributed by atoms with Gasteiger partial charge in [-0.05, 0) is 37.9 Å².